The van der Waals surface area contributed by atoms with Gasteiger partial charge in [-0.1, -0.05) is 12.1 Å². The quantitative estimate of drug-likeness (QED) is 0.784. The highest BCUT2D eigenvalue weighted by molar-refractivity contribution is 5.88. The molecule has 0 bridgehead atoms. The van der Waals surface area contributed by atoms with Crippen molar-refractivity contribution in [2.24, 2.45) is 0 Å². The Morgan fingerprint density at radius 2 is 1.76 bits per heavy atom. The van der Waals surface area contributed by atoms with Crippen molar-refractivity contribution < 1.29 is 0 Å². The van der Waals surface area contributed by atoms with E-state index in [0.29, 0.717) is 17.8 Å². The van der Waals surface area contributed by atoms with Crippen LogP contribution < -0.4 is 15.5 Å². The number of para-hydroxylation sites is 1. The van der Waals surface area contributed by atoms with E-state index in [9.17, 15) is 0 Å². The molecule has 7 heteroatoms. The van der Waals surface area contributed by atoms with E-state index in [4.69, 9.17) is 5.73 Å². The summed E-state index contributed by atoms with van der Waals surface area (Å²) in [7, 11) is 2.04. The van der Waals surface area contributed by atoms with E-state index < -0.39 is 0 Å². The number of piperidine rings is 1. The highest BCUT2D eigenvalue weighted by Gasteiger charge is 2.25. The minimum Gasteiger partial charge on any atom is -0.383 e. The fraction of sp³-hybridized carbons (Fsp3) is 0.333. The van der Waals surface area contributed by atoms with Gasteiger partial charge >= 0.3 is 0 Å². The summed E-state index contributed by atoms with van der Waals surface area (Å²) in [5.41, 5.74) is 7.00. The number of hydrogen-bond acceptors (Lipinski definition) is 7. The Hall–Kier alpha value is -2.96. The summed E-state index contributed by atoms with van der Waals surface area (Å²) < 4.78 is 0. The Labute approximate surface area is 146 Å². The van der Waals surface area contributed by atoms with Gasteiger partial charge in [-0.2, -0.15) is 4.98 Å². The maximum Gasteiger partial charge on any atom is 0.227 e. The molecule has 1 fully saturated rings. The van der Waals surface area contributed by atoms with Crippen LogP contribution in [-0.2, 0) is 0 Å². The number of nitrogens with two attached hydrogens (primary N) is 1. The van der Waals surface area contributed by atoms with Crippen LogP contribution >= 0.6 is 0 Å². The number of anilines is 3. The maximum atomic E-state index is 6.12. The van der Waals surface area contributed by atoms with Crippen LogP contribution in [0.4, 0.5) is 17.7 Å². The number of rotatable bonds is 3. The number of fused-ring (bicyclic) bond motifs is 1. The van der Waals surface area contributed by atoms with Gasteiger partial charge in [0.15, 0.2) is 0 Å². The van der Waals surface area contributed by atoms with Crippen molar-refractivity contribution in [2.45, 2.75) is 18.9 Å². The first-order chi connectivity index (χ1) is 12.2. The molecule has 1 saturated heterocycles. The first kappa shape index (κ1) is 15.6. The Kier molecular flexibility index (Phi) is 4.05. The number of nitrogens with zero attached hydrogens (tertiary/aromatic N) is 6. The highest BCUT2D eigenvalue weighted by atomic mass is 15.3. The molecule has 3 aromatic rings. The molecule has 0 spiro atoms. The van der Waals surface area contributed by atoms with Crippen LogP contribution in [0.5, 0.6) is 0 Å². The number of hydrogen-bond donors (Lipinski definition) is 1. The van der Waals surface area contributed by atoms with E-state index in [0.717, 1.165) is 42.8 Å². The molecule has 1 aromatic carbocycles. The minimum absolute atomic E-state index is 0.375. The van der Waals surface area contributed by atoms with Crippen molar-refractivity contribution in [3.63, 3.8) is 0 Å². The molecule has 0 aliphatic carbocycles. The molecule has 0 saturated carbocycles. The lowest BCUT2D eigenvalue weighted by atomic mass is 10.0. The van der Waals surface area contributed by atoms with E-state index in [1.165, 1.54) is 0 Å². The SMILES string of the molecule is CN(c1nc(N)c2ccccc2n1)C1CCN(c2ncccn2)CC1. The lowest BCUT2D eigenvalue weighted by Gasteiger charge is -2.36. The second-order valence-corrected chi connectivity index (χ2v) is 6.30. The van der Waals surface area contributed by atoms with E-state index in [1.54, 1.807) is 12.4 Å². The van der Waals surface area contributed by atoms with Gasteiger partial charge in [-0.15, -0.1) is 0 Å². The van der Waals surface area contributed by atoms with Crippen molar-refractivity contribution in [3.8, 4) is 0 Å². The topological polar surface area (TPSA) is 84.1 Å². The third-order valence-corrected chi connectivity index (χ3v) is 4.78. The van der Waals surface area contributed by atoms with Gasteiger partial charge in [-0.3, -0.25) is 0 Å². The average molecular weight is 335 g/mol. The molecule has 4 rings (SSSR count). The summed E-state index contributed by atoms with van der Waals surface area (Å²) in [6.45, 7) is 1.84. The standard InChI is InChI=1S/C18H21N7/c1-24(18-22-15-6-3-2-5-14(15)16(19)23-18)13-7-11-25(12-8-13)17-20-9-4-10-21-17/h2-6,9-10,13H,7-8,11-12H2,1H3,(H2,19,22,23). The van der Waals surface area contributed by atoms with Gasteiger partial charge in [-0.25, -0.2) is 15.0 Å². The molecule has 3 heterocycles. The van der Waals surface area contributed by atoms with E-state index >= 15 is 0 Å². The fourth-order valence-electron chi connectivity index (χ4n) is 3.32. The predicted octanol–water partition coefficient (Wildman–Crippen LogP) is 2.11. The number of benzene rings is 1. The van der Waals surface area contributed by atoms with Crippen LogP contribution in [0.1, 0.15) is 12.8 Å². The van der Waals surface area contributed by atoms with E-state index in [-0.39, 0.29) is 0 Å². The van der Waals surface area contributed by atoms with E-state index in [1.807, 2.05) is 37.4 Å². The second-order valence-electron chi connectivity index (χ2n) is 6.30. The minimum atomic E-state index is 0.375. The van der Waals surface area contributed by atoms with Crippen molar-refractivity contribution in [2.75, 3.05) is 35.7 Å². The maximum absolute atomic E-state index is 6.12. The average Bonchev–Trinajstić information content (AvgIpc) is 2.68. The van der Waals surface area contributed by atoms with Gasteiger partial charge in [-0.05, 0) is 31.0 Å². The van der Waals surface area contributed by atoms with Gasteiger partial charge in [0.2, 0.25) is 11.9 Å². The van der Waals surface area contributed by atoms with Gasteiger partial charge < -0.3 is 15.5 Å². The summed E-state index contributed by atoms with van der Waals surface area (Å²) in [6, 6.07) is 10.1. The van der Waals surface area contributed by atoms with Gasteiger partial charge in [0, 0.05) is 44.0 Å². The second kappa shape index (κ2) is 6.51. The van der Waals surface area contributed by atoms with Crippen LogP contribution in [0, 0.1) is 0 Å². The van der Waals surface area contributed by atoms with Gasteiger partial charge in [0.05, 0.1) is 5.52 Å². The molecule has 0 radical (unpaired) electrons. The summed E-state index contributed by atoms with van der Waals surface area (Å²) in [5.74, 6) is 2.02. The van der Waals surface area contributed by atoms with Crippen molar-refractivity contribution in [1.29, 1.82) is 0 Å². The molecule has 0 unspecified atom stereocenters. The van der Waals surface area contributed by atoms with Gasteiger partial charge in [0.25, 0.3) is 0 Å². The van der Waals surface area contributed by atoms with Crippen LogP contribution in [0.15, 0.2) is 42.7 Å². The largest absolute Gasteiger partial charge is 0.383 e. The van der Waals surface area contributed by atoms with Crippen LogP contribution in [0.25, 0.3) is 10.9 Å². The van der Waals surface area contributed by atoms with Crippen molar-refractivity contribution in [3.05, 3.63) is 42.7 Å². The number of nitrogen functional groups attached to an aromatic ring is 1. The Morgan fingerprint density at radius 1 is 1.04 bits per heavy atom. The molecule has 0 amide bonds. The van der Waals surface area contributed by atoms with Crippen molar-refractivity contribution >= 4 is 28.6 Å². The zero-order chi connectivity index (χ0) is 17.2. The molecule has 25 heavy (non-hydrogen) atoms. The molecule has 0 atom stereocenters. The summed E-state index contributed by atoms with van der Waals surface area (Å²) >= 11 is 0. The Morgan fingerprint density at radius 3 is 2.52 bits per heavy atom. The molecule has 2 aromatic heterocycles. The third kappa shape index (κ3) is 3.05. The Bertz CT molecular complexity index is 860. The predicted molar refractivity (Wildman–Crippen MR) is 99.6 cm³/mol. The Balaban J connectivity index is 1.50. The normalized spacial score (nSPS) is 15.5. The number of aromatic nitrogens is 4. The molecular formula is C18H21N7. The molecule has 1 aliphatic rings. The lowest BCUT2D eigenvalue weighted by Crippen LogP contribution is -2.44. The van der Waals surface area contributed by atoms with Gasteiger partial charge in [0.1, 0.15) is 5.82 Å². The summed E-state index contributed by atoms with van der Waals surface area (Å²) in [4.78, 5) is 22.2. The van der Waals surface area contributed by atoms with Crippen LogP contribution in [0.3, 0.4) is 0 Å². The summed E-state index contributed by atoms with van der Waals surface area (Å²) in [6.07, 6.45) is 5.58. The monoisotopic (exact) mass is 335 g/mol. The van der Waals surface area contributed by atoms with E-state index in [2.05, 4.69) is 29.7 Å². The zero-order valence-corrected chi connectivity index (χ0v) is 14.2. The zero-order valence-electron chi connectivity index (χ0n) is 14.2. The molecule has 128 valence electrons. The van der Waals surface area contributed by atoms with Crippen LogP contribution in [0.2, 0.25) is 0 Å². The highest BCUT2D eigenvalue weighted by Crippen LogP contribution is 2.25. The third-order valence-electron chi connectivity index (χ3n) is 4.78. The molecule has 7 nitrogen and oxygen atoms in total. The van der Waals surface area contributed by atoms with Crippen LogP contribution in [-0.4, -0.2) is 46.1 Å². The molecule has 2 N–H and O–H groups in total. The first-order valence-electron chi connectivity index (χ1n) is 8.49. The lowest BCUT2D eigenvalue weighted by molar-refractivity contribution is 0.473. The summed E-state index contributed by atoms with van der Waals surface area (Å²) in [5, 5.41) is 0.899. The molecule has 1 aliphatic heterocycles. The molecular weight excluding hydrogens is 314 g/mol. The van der Waals surface area contributed by atoms with Crippen molar-refractivity contribution in [1.82, 2.24) is 19.9 Å². The fourth-order valence-corrected chi connectivity index (χ4v) is 3.32. The first-order valence-corrected chi connectivity index (χ1v) is 8.49. The smallest absolute Gasteiger partial charge is 0.227 e.